The standard InChI is InChI=1S/C17H19ClN4O2/c18-14-7-5-13(6-8-14)11-19-17(23)22-10-2-3-15(12-22)24-16-4-1-9-20-21-16/h1,4-9,15H,2-3,10-12H2,(H,19,23). The van der Waals surface area contributed by atoms with Crippen molar-refractivity contribution in [2.24, 2.45) is 0 Å². The Hall–Kier alpha value is -2.34. The van der Waals surface area contributed by atoms with Crippen LogP contribution in [0.1, 0.15) is 18.4 Å². The predicted molar refractivity (Wildman–Crippen MR) is 90.9 cm³/mol. The molecule has 3 rings (SSSR count). The fraction of sp³-hybridized carbons (Fsp3) is 0.353. The van der Waals surface area contributed by atoms with Crippen molar-refractivity contribution in [1.82, 2.24) is 20.4 Å². The maximum absolute atomic E-state index is 12.3. The number of nitrogens with zero attached hydrogens (tertiary/aromatic N) is 3. The molecule has 126 valence electrons. The van der Waals surface area contributed by atoms with Gasteiger partial charge in [0.15, 0.2) is 0 Å². The number of piperidine rings is 1. The number of hydrogen-bond acceptors (Lipinski definition) is 4. The second-order valence-corrected chi connectivity index (χ2v) is 6.11. The van der Waals surface area contributed by atoms with Crippen molar-refractivity contribution in [3.63, 3.8) is 0 Å². The van der Waals surface area contributed by atoms with Gasteiger partial charge >= 0.3 is 6.03 Å². The molecule has 1 aliphatic rings. The number of benzene rings is 1. The summed E-state index contributed by atoms with van der Waals surface area (Å²) < 4.78 is 5.80. The van der Waals surface area contributed by atoms with Gasteiger partial charge in [-0.2, -0.15) is 5.10 Å². The molecule has 6 nitrogen and oxygen atoms in total. The van der Waals surface area contributed by atoms with Crippen LogP contribution in [0.3, 0.4) is 0 Å². The summed E-state index contributed by atoms with van der Waals surface area (Å²) >= 11 is 5.86. The molecule has 2 aromatic rings. The molecule has 0 spiro atoms. The van der Waals surface area contributed by atoms with Gasteiger partial charge in [0, 0.05) is 30.4 Å². The molecule has 0 aliphatic carbocycles. The summed E-state index contributed by atoms with van der Waals surface area (Å²) in [6.45, 7) is 1.75. The molecular weight excluding hydrogens is 328 g/mol. The molecule has 1 aromatic carbocycles. The van der Waals surface area contributed by atoms with Crippen LogP contribution in [-0.2, 0) is 6.54 Å². The van der Waals surface area contributed by atoms with Crippen LogP contribution in [0.2, 0.25) is 5.02 Å². The summed E-state index contributed by atoms with van der Waals surface area (Å²) in [6.07, 6.45) is 3.35. The normalized spacial score (nSPS) is 17.4. The molecule has 1 N–H and O–H groups in total. The summed E-state index contributed by atoms with van der Waals surface area (Å²) in [6, 6.07) is 10.9. The summed E-state index contributed by atoms with van der Waals surface area (Å²) in [7, 11) is 0. The van der Waals surface area contributed by atoms with E-state index in [2.05, 4.69) is 15.5 Å². The van der Waals surface area contributed by atoms with Crippen molar-refractivity contribution in [3.8, 4) is 5.88 Å². The van der Waals surface area contributed by atoms with Crippen molar-refractivity contribution < 1.29 is 9.53 Å². The monoisotopic (exact) mass is 346 g/mol. The number of hydrogen-bond donors (Lipinski definition) is 1. The third-order valence-corrected chi connectivity index (χ3v) is 4.11. The zero-order valence-corrected chi connectivity index (χ0v) is 13.9. The van der Waals surface area contributed by atoms with Gasteiger partial charge in [0.1, 0.15) is 6.10 Å². The van der Waals surface area contributed by atoms with Gasteiger partial charge in [-0.1, -0.05) is 23.7 Å². The minimum Gasteiger partial charge on any atom is -0.471 e. The van der Waals surface area contributed by atoms with E-state index in [4.69, 9.17) is 16.3 Å². The molecule has 1 atom stereocenters. The van der Waals surface area contributed by atoms with E-state index in [0.717, 1.165) is 24.9 Å². The topological polar surface area (TPSA) is 67.4 Å². The van der Waals surface area contributed by atoms with E-state index in [1.165, 1.54) is 0 Å². The fourth-order valence-corrected chi connectivity index (χ4v) is 2.76. The van der Waals surface area contributed by atoms with Crippen LogP contribution in [-0.4, -0.2) is 40.3 Å². The zero-order chi connectivity index (χ0) is 16.8. The lowest BCUT2D eigenvalue weighted by molar-refractivity contribution is 0.0969. The van der Waals surface area contributed by atoms with Crippen LogP contribution in [0, 0.1) is 0 Å². The molecule has 1 saturated heterocycles. The molecule has 0 bridgehead atoms. The first-order valence-electron chi connectivity index (χ1n) is 7.92. The van der Waals surface area contributed by atoms with Crippen molar-refractivity contribution >= 4 is 17.6 Å². The van der Waals surface area contributed by atoms with Gasteiger partial charge in [-0.25, -0.2) is 4.79 Å². The summed E-state index contributed by atoms with van der Waals surface area (Å²) in [4.78, 5) is 14.1. The van der Waals surface area contributed by atoms with E-state index in [9.17, 15) is 4.79 Å². The Bertz CT molecular complexity index is 666. The quantitative estimate of drug-likeness (QED) is 0.924. The van der Waals surface area contributed by atoms with Crippen molar-refractivity contribution in [2.45, 2.75) is 25.5 Å². The molecule has 24 heavy (non-hydrogen) atoms. The van der Waals surface area contributed by atoms with Crippen molar-refractivity contribution in [1.29, 1.82) is 0 Å². The van der Waals surface area contributed by atoms with E-state index in [0.29, 0.717) is 24.0 Å². The Morgan fingerprint density at radius 1 is 1.33 bits per heavy atom. The minimum absolute atomic E-state index is 0.0586. The molecule has 7 heteroatoms. The minimum atomic E-state index is -0.0857. The molecule has 1 fully saturated rings. The van der Waals surface area contributed by atoms with Gasteiger partial charge in [-0.3, -0.25) is 0 Å². The van der Waals surface area contributed by atoms with E-state index < -0.39 is 0 Å². The van der Waals surface area contributed by atoms with Gasteiger partial charge in [0.2, 0.25) is 5.88 Å². The second-order valence-electron chi connectivity index (χ2n) is 5.68. The van der Waals surface area contributed by atoms with Gasteiger partial charge in [-0.05, 0) is 36.6 Å². The number of amides is 2. The number of carbonyl (C=O) groups is 1. The van der Waals surface area contributed by atoms with E-state index >= 15 is 0 Å². The second kappa shape index (κ2) is 7.97. The van der Waals surface area contributed by atoms with Crippen LogP contribution in [0.25, 0.3) is 0 Å². The Morgan fingerprint density at radius 2 is 2.17 bits per heavy atom. The Kier molecular flexibility index (Phi) is 5.48. The molecule has 2 amide bonds. The summed E-state index contributed by atoms with van der Waals surface area (Å²) in [5.74, 6) is 0.492. The maximum atomic E-state index is 12.3. The van der Waals surface area contributed by atoms with E-state index in [1.54, 1.807) is 23.2 Å². The first-order chi connectivity index (χ1) is 11.7. The van der Waals surface area contributed by atoms with Crippen LogP contribution in [0.15, 0.2) is 42.6 Å². The number of aromatic nitrogens is 2. The highest BCUT2D eigenvalue weighted by Crippen LogP contribution is 2.16. The van der Waals surface area contributed by atoms with Crippen LogP contribution < -0.4 is 10.1 Å². The zero-order valence-electron chi connectivity index (χ0n) is 13.2. The first kappa shape index (κ1) is 16.5. The third kappa shape index (κ3) is 4.58. The Labute approximate surface area is 145 Å². The largest absolute Gasteiger partial charge is 0.471 e. The average molecular weight is 347 g/mol. The van der Waals surface area contributed by atoms with E-state index in [-0.39, 0.29) is 12.1 Å². The van der Waals surface area contributed by atoms with Gasteiger partial charge in [0.25, 0.3) is 0 Å². The number of likely N-dealkylation sites (tertiary alicyclic amines) is 1. The maximum Gasteiger partial charge on any atom is 0.317 e. The first-order valence-corrected chi connectivity index (χ1v) is 8.30. The Morgan fingerprint density at radius 3 is 2.92 bits per heavy atom. The highest BCUT2D eigenvalue weighted by atomic mass is 35.5. The lowest BCUT2D eigenvalue weighted by atomic mass is 10.1. The molecule has 0 saturated carbocycles. The molecule has 2 heterocycles. The molecule has 1 aromatic heterocycles. The SMILES string of the molecule is O=C(NCc1ccc(Cl)cc1)N1CCCC(Oc2cccnn2)C1. The highest BCUT2D eigenvalue weighted by molar-refractivity contribution is 6.30. The molecular formula is C17H19ClN4O2. The third-order valence-electron chi connectivity index (χ3n) is 3.86. The number of ether oxygens (including phenoxy) is 1. The number of nitrogens with one attached hydrogen (secondary N) is 1. The number of rotatable bonds is 4. The lowest BCUT2D eigenvalue weighted by Crippen LogP contribution is -2.48. The number of carbonyl (C=O) groups excluding carboxylic acids is 1. The summed E-state index contributed by atoms with van der Waals surface area (Å²) in [5, 5.41) is 11.3. The van der Waals surface area contributed by atoms with Crippen LogP contribution in [0.4, 0.5) is 4.79 Å². The van der Waals surface area contributed by atoms with Crippen molar-refractivity contribution in [2.75, 3.05) is 13.1 Å². The smallest absolute Gasteiger partial charge is 0.317 e. The van der Waals surface area contributed by atoms with Gasteiger partial charge in [-0.15, -0.1) is 5.10 Å². The van der Waals surface area contributed by atoms with Crippen LogP contribution in [0.5, 0.6) is 5.88 Å². The number of halogens is 1. The van der Waals surface area contributed by atoms with Gasteiger partial charge in [0.05, 0.1) is 6.54 Å². The fourth-order valence-electron chi connectivity index (χ4n) is 2.63. The average Bonchev–Trinajstić information content (AvgIpc) is 2.62. The van der Waals surface area contributed by atoms with Crippen LogP contribution >= 0.6 is 11.6 Å². The van der Waals surface area contributed by atoms with Crippen molar-refractivity contribution in [3.05, 3.63) is 53.2 Å². The lowest BCUT2D eigenvalue weighted by Gasteiger charge is -2.32. The molecule has 1 aliphatic heterocycles. The molecule has 0 radical (unpaired) electrons. The Balaban J connectivity index is 1.50. The number of urea groups is 1. The molecule has 1 unspecified atom stereocenters. The highest BCUT2D eigenvalue weighted by Gasteiger charge is 2.25. The van der Waals surface area contributed by atoms with Gasteiger partial charge < -0.3 is 15.0 Å². The summed E-state index contributed by atoms with van der Waals surface area (Å²) in [5.41, 5.74) is 1.01. The predicted octanol–water partition coefficient (Wildman–Crippen LogP) is 2.88. The van der Waals surface area contributed by atoms with E-state index in [1.807, 2.05) is 24.3 Å².